The molecule has 0 fully saturated rings. The summed E-state index contributed by atoms with van der Waals surface area (Å²) in [6.07, 6.45) is 1.57. The molecular formula is C13H14N2O3. The summed E-state index contributed by atoms with van der Waals surface area (Å²) in [6.45, 7) is 1.94. The van der Waals surface area contributed by atoms with Crippen molar-refractivity contribution in [2.75, 3.05) is 7.11 Å². The van der Waals surface area contributed by atoms with Crippen LogP contribution < -0.4 is 4.74 Å². The number of aromatic amines is 1. The SMILES string of the molecule is COc1ccc(-c2cn[nH]c2CC(=O)O)cc1C. The van der Waals surface area contributed by atoms with Crippen molar-refractivity contribution in [1.82, 2.24) is 10.2 Å². The first-order valence-electron chi connectivity index (χ1n) is 5.51. The number of H-pyrrole nitrogens is 1. The van der Waals surface area contributed by atoms with E-state index in [1.807, 2.05) is 25.1 Å². The maximum atomic E-state index is 10.7. The molecule has 2 aromatic rings. The molecule has 0 aliphatic carbocycles. The van der Waals surface area contributed by atoms with Gasteiger partial charge in [0.15, 0.2) is 0 Å². The lowest BCUT2D eigenvalue weighted by atomic mass is 10.0. The Morgan fingerprint density at radius 1 is 1.50 bits per heavy atom. The Kier molecular flexibility index (Phi) is 3.32. The van der Waals surface area contributed by atoms with E-state index < -0.39 is 5.97 Å². The number of carbonyl (C=O) groups is 1. The predicted molar refractivity (Wildman–Crippen MR) is 66.7 cm³/mol. The zero-order chi connectivity index (χ0) is 13.1. The third kappa shape index (κ3) is 2.34. The molecule has 5 heteroatoms. The topological polar surface area (TPSA) is 75.2 Å². The van der Waals surface area contributed by atoms with E-state index in [4.69, 9.17) is 9.84 Å². The average Bonchev–Trinajstić information content (AvgIpc) is 2.76. The van der Waals surface area contributed by atoms with Gasteiger partial charge in [-0.1, -0.05) is 6.07 Å². The predicted octanol–water partition coefficient (Wildman–Crippen LogP) is 2.02. The van der Waals surface area contributed by atoms with Crippen molar-refractivity contribution in [2.45, 2.75) is 13.3 Å². The number of nitrogens with zero attached hydrogens (tertiary/aromatic N) is 1. The largest absolute Gasteiger partial charge is 0.496 e. The molecule has 1 aromatic heterocycles. The third-order valence-corrected chi connectivity index (χ3v) is 2.75. The van der Waals surface area contributed by atoms with Crippen LogP contribution in [-0.4, -0.2) is 28.4 Å². The van der Waals surface area contributed by atoms with Crippen LogP contribution in [0.5, 0.6) is 5.75 Å². The minimum Gasteiger partial charge on any atom is -0.496 e. The first-order chi connectivity index (χ1) is 8.61. The van der Waals surface area contributed by atoms with Crippen molar-refractivity contribution in [2.24, 2.45) is 0 Å². The summed E-state index contributed by atoms with van der Waals surface area (Å²) >= 11 is 0. The van der Waals surface area contributed by atoms with Gasteiger partial charge in [0.25, 0.3) is 0 Å². The number of aliphatic carboxylic acids is 1. The van der Waals surface area contributed by atoms with Crippen molar-refractivity contribution in [1.29, 1.82) is 0 Å². The number of aryl methyl sites for hydroxylation is 1. The summed E-state index contributed by atoms with van der Waals surface area (Å²) in [5, 5.41) is 15.5. The van der Waals surface area contributed by atoms with Crippen molar-refractivity contribution in [3.63, 3.8) is 0 Å². The molecule has 0 amide bonds. The van der Waals surface area contributed by atoms with E-state index in [1.54, 1.807) is 13.3 Å². The van der Waals surface area contributed by atoms with Crippen LogP contribution in [-0.2, 0) is 11.2 Å². The summed E-state index contributed by atoms with van der Waals surface area (Å²) < 4.78 is 5.19. The minimum atomic E-state index is -0.884. The molecule has 0 unspecified atom stereocenters. The normalized spacial score (nSPS) is 10.3. The fraction of sp³-hybridized carbons (Fsp3) is 0.231. The van der Waals surface area contributed by atoms with E-state index in [-0.39, 0.29) is 6.42 Å². The number of rotatable bonds is 4. The number of ether oxygens (including phenoxy) is 1. The molecule has 0 aliphatic rings. The fourth-order valence-electron chi connectivity index (χ4n) is 1.89. The van der Waals surface area contributed by atoms with Gasteiger partial charge in [-0.2, -0.15) is 5.10 Å². The maximum absolute atomic E-state index is 10.7. The van der Waals surface area contributed by atoms with Crippen LogP contribution in [0.15, 0.2) is 24.4 Å². The second-order valence-electron chi connectivity index (χ2n) is 4.02. The highest BCUT2D eigenvalue weighted by atomic mass is 16.5. The molecule has 0 radical (unpaired) electrons. The first kappa shape index (κ1) is 12.2. The Morgan fingerprint density at radius 2 is 2.28 bits per heavy atom. The average molecular weight is 246 g/mol. The maximum Gasteiger partial charge on any atom is 0.309 e. The summed E-state index contributed by atoms with van der Waals surface area (Å²) in [5.74, 6) is -0.0761. The van der Waals surface area contributed by atoms with Gasteiger partial charge in [0, 0.05) is 5.56 Å². The molecule has 0 saturated carbocycles. The molecule has 94 valence electrons. The van der Waals surface area contributed by atoms with E-state index in [9.17, 15) is 4.79 Å². The lowest BCUT2D eigenvalue weighted by molar-refractivity contribution is -0.136. The summed E-state index contributed by atoms with van der Waals surface area (Å²) in [4.78, 5) is 10.7. The Balaban J connectivity index is 2.40. The van der Waals surface area contributed by atoms with E-state index in [0.717, 1.165) is 22.4 Å². The second-order valence-corrected chi connectivity index (χ2v) is 4.02. The molecule has 18 heavy (non-hydrogen) atoms. The molecule has 1 heterocycles. The number of aromatic nitrogens is 2. The number of nitrogens with one attached hydrogen (secondary N) is 1. The lowest BCUT2D eigenvalue weighted by Gasteiger charge is -2.07. The summed E-state index contributed by atoms with van der Waals surface area (Å²) in [7, 11) is 1.62. The summed E-state index contributed by atoms with van der Waals surface area (Å²) in [5.41, 5.74) is 3.34. The Hall–Kier alpha value is -2.30. The zero-order valence-corrected chi connectivity index (χ0v) is 10.2. The van der Waals surface area contributed by atoms with E-state index in [1.165, 1.54) is 0 Å². The molecule has 2 N–H and O–H groups in total. The number of carboxylic acid groups (broad SMARTS) is 1. The van der Waals surface area contributed by atoms with Crippen LogP contribution in [0.2, 0.25) is 0 Å². The van der Waals surface area contributed by atoms with E-state index in [0.29, 0.717) is 5.69 Å². The van der Waals surface area contributed by atoms with Crippen LogP contribution in [0.4, 0.5) is 0 Å². The minimum absolute atomic E-state index is 0.0690. The van der Waals surface area contributed by atoms with Gasteiger partial charge in [-0.25, -0.2) is 0 Å². The number of carboxylic acids is 1. The summed E-state index contributed by atoms with van der Waals surface area (Å²) in [6, 6.07) is 5.71. The monoisotopic (exact) mass is 246 g/mol. The van der Waals surface area contributed by atoms with Crippen molar-refractivity contribution in [3.05, 3.63) is 35.7 Å². The number of benzene rings is 1. The van der Waals surface area contributed by atoms with Crippen molar-refractivity contribution < 1.29 is 14.6 Å². The van der Waals surface area contributed by atoms with Crippen LogP contribution in [0.1, 0.15) is 11.3 Å². The smallest absolute Gasteiger partial charge is 0.309 e. The number of hydrogen-bond acceptors (Lipinski definition) is 3. The van der Waals surface area contributed by atoms with Gasteiger partial charge in [0.05, 0.1) is 25.4 Å². The Labute approximate surface area is 104 Å². The molecule has 0 saturated heterocycles. The quantitative estimate of drug-likeness (QED) is 0.865. The van der Waals surface area contributed by atoms with Gasteiger partial charge in [-0.3, -0.25) is 9.89 Å². The standard InChI is InChI=1S/C13H14N2O3/c1-8-5-9(3-4-12(8)18-2)10-7-14-15-11(10)6-13(16)17/h3-5,7H,6H2,1-2H3,(H,14,15)(H,16,17). The lowest BCUT2D eigenvalue weighted by Crippen LogP contribution is -2.01. The molecule has 0 spiro atoms. The third-order valence-electron chi connectivity index (χ3n) is 2.75. The molecule has 0 bridgehead atoms. The van der Waals surface area contributed by atoms with Crippen LogP contribution in [0.3, 0.4) is 0 Å². The molecule has 0 aliphatic heterocycles. The van der Waals surface area contributed by atoms with Gasteiger partial charge in [0.2, 0.25) is 0 Å². The highest BCUT2D eigenvalue weighted by Gasteiger charge is 2.11. The van der Waals surface area contributed by atoms with E-state index in [2.05, 4.69) is 10.2 Å². The van der Waals surface area contributed by atoms with E-state index >= 15 is 0 Å². The molecule has 2 rings (SSSR count). The highest BCUT2D eigenvalue weighted by molar-refractivity contribution is 5.75. The second kappa shape index (κ2) is 4.91. The highest BCUT2D eigenvalue weighted by Crippen LogP contribution is 2.27. The van der Waals surface area contributed by atoms with Gasteiger partial charge < -0.3 is 9.84 Å². The van der Waals surface area contributed by atoms with Crippen LogP contribution in [0, 0.1) is 6.92 Å². The van der Waals surface area contributed by atoms with Gasteiger partial charge in [-0.15, -0.1) is 0 Å². The van der Waals surface area contributed by atoms with Gasteiger partial charge in [-0.05, 0) is 30.2 Å². The van der Waals surface area contributed by atoms with Crippen molar-refractivity contribution in [3.8, 4) is 16.9 Å². The van der Waals surface area contributed by atoms with Crippen LogP contribution >= 0.6 is 0 Å². The molecule has 5 nitrogen and oxygen atoms in total. The Morgan fingerprint density at radius 3 is 2.89 bits per heavy atom. The van der Waals surface area contributed by atoms with Gasteiger partial charge in [0.1, 0.15) is 5.75 Å². The first-order valence-corrected chi connectivity index (χ1v) is 5.51. The Bertz CT molecular complexity index is 575. The van der Waals surface area contributed by atoms with Crippen LogP contribution in [0.25, 0.3) is 11.1 Å². The van der Waals surface area contributed by atoms with Crippen molar-refractivity contribution >= 4 is 5.97 Å². The molecular weight excluding hydrogens is 232 g/mol. The number of methoxy groups -OCH3 is 1. The van der Waals surface area contributed by atoms with Gasteiger partial charge >= 0.3 is 5.97 Å². The molecule has 1 aromatic carbocycles. The number of hydrogen-bond donors (Lipinski definition) is 2. The zero-order valence-electron chi connectivity index (χ0n) is 10.2. The fourth-order valence-corrected chi connectivity index (χ4v) is 1.89. The molecule has 0 atom stereocenters.